The summed E-state index contributed by atoms with van der Waals surface area (Å²) in [6, 6.07) is 0. The second kappa shape index (κ2) is 5.41. The average Bonchev–Trinajstić information content (AvgIpc) is 2.83. The highest BCUT2D eigenvalue weighted by molar-refractivity contribution is 7.11. The third kappa shape index (κ3) is 2.86. The quantitative estimate of drug-likeness (QED) is 0.833. The van der Waals surface area contributed by atoms with Crippen molar-refractivity contribution in [2.75, 3.05) is 26.7 Å². The topological polar surface area (TPSA) is 49.3 Å². The maximum absolute atomic E-state index is 11.6. The monoisotopic (exact) mass is 294 g/mol. The Morgan fingerprint density at radius 3 is 2.60 bits per heavy atom. The molecular formula is C14H22N4OS. The Morgan fingerprint density at radius 1 is 1.25 bits per heavy atom. The van der Waals surface area contributed by atoms with Gasteiger partial charge < -0.3 is 4.90 Å². The molecule has 5 nitrogen and oxygen atoms in total. The summed E-state index contributed by atoms with van der Waals surface area (Å²) in [7, 11) is 1.94. The molecule has 0 unspecified atom stereocenters. The first kappa shape index (κ1) is 13.9. The Bertz CT molecular complexity index is 493. The number of aryl methyl sites for hydroxylation is 1. The van der Waals surface area contributed by atoms with E-state index in [1.807, 2.05) is 18.9 Å². The van der Waals surface area contributed by atoms with Gasteiger partial charge in [-0.3, -0.25) is 9.69 Å². The molecule has 1 aromatic rings. The first-order valence-electron chi connectivity index (χ1n) is 7.32. The van der Waals surface area contributed by atoms with Crippen molar-refractivity contribution in [1.29, 1.82) is 0 Å². The molecule has 0 aromatic carbocycles. The minimum Gasteiger partial charge on any atom is -0.345 e. The summed E-state index contributed by atoms with van der Waals surface area (Å²) < 4.78 is 0. The summed E-state index contributed by atoms with van der Waals surface area (Å²) in [5.41, 5.74) is 0.371. The van der Waals surface area contributed by atoms with Crippen LogP contribution in [0.5, 0.6) is 0 Å². The second-order valence-electron chi connectivity index (χ2n) is 6.24. The fourth-order valence-electron chi connectivity index (χ4n) is 3.42. The number of piperidine rings is 2. The number of hydrogen-bond acceptors (Lipinski definition) is 5. The average molecular weight is 294 g/mol. The number of nitrogens with zero attached hydrogens (tertiary/aromatic N) is 4. The van der Waals surface area contributed by atoms with E-state index >= 15 is 0 Å². The molecule has 20 heavy (non-hydrogen) atoms. The Balaban J connectivity index is 1.55. The summed E-state index contributed by atoms with van der Waals surface area (Å²) in [6.45, 7) is 6.09. The molecule has 1 aromatic heterocycles. The lowest BCUT2D eigenvalue weighted by atomic mass is 9.72. The van der Waals surface area contributed by atoms with Crippen LogP contribution in [0, 0.1) is 12.3 Å². The first-order valence-corrected chi connectivity index (χ1v) is 8.13. The Kier molecular flexibility index (Phi) is 3.77. The van der Waals surface area contributed by atoms with Crippen LogP contribution in [0.3, 0.4) is 0 Å². The molecule has 6 heteroatoms. The minimum atomic E-state index is 0.308. The van der Waals surface area contributed by atoms with E-state index in [0.29, 0.717) is 11.3 Å². The van der Waals surface area contributed by atoms with Crippen LogP contribution in [-0.2, 0) is 11.3 Å². The fourth-order valence-corrected chi connectivity index (χ4v) is 4.17. The molecule has 0 bridgehead atoms. The summed E-state index contributed by atoms with van der Waals surface area (Å²) in [4.78, 5) is 16.0. The molecule has 0 atom stereocenters. The van der Waals surface area contributed by atoms with Crippen LogP contribution in [-0.4, -0.2) is 52.6 Å². The molecule has 0 aliphatic carbocycles. The largest absolute Gasteiger partial charge is 0.345 e. The van der Waals surface area contributed by atoms with Crippen molar-refractivity contribution >= 4 is 17.2 Å². The molecule has 0 radical (unpaired) electrons. The second-order valence-corrected chi connectivity index (χ2v) is 7.51. The number of likely N-dealkylation sites (tertiary alicyclic amines) is 2. The van der Waals surface area contributed by atoms with E-state index in [9.17, 15) is 4.79 Å². The molecule has 2 fully saturated rings. The van der Waals surface area contributed by atoms with Crippen LogP contribution in [0.4, 0.5) is 0 Å². The van der Waals surface area contributed by atoms with Crippen molar-refractivity contribution in [3.8, 4) is 0 Å². The SMILES string of the molecule is Cc1nnc(CN2CCC3(CCC(=O)N(C)C3)CC2)s1. The Morgan fingerprint density at radius 2 is 2.00 bits per heavy atom. The lowest BCUT2D eigenvalue weighted by Crippen LogP contribution is -2.50. The van der Waals surface area contributed by atoms with Gasteiger partial charge in [0.1, 0.15) is 10.0 Å². The van der Waals surface area contributed by atoms with Crippen molar-refractivity contribution < 1.29 is 4.79 Å². The predicted octanol–water partition coefficient (Wildman–Crippen LogP) is 1.68. The van der Waals surface area contributed by atoms with E-state index in [-0.39, 0.29) is 0 Å². The van der Waals surface area contributed by atoms with E-state index in [1.54, 1.807) is 11.3 Å². The van der Waals surface area contributed by atoms with E-state index in [4.69, 9.17) is 0 Å². The van der Waals surface area contributed by atoms with Gasteiger partial charge in [0.15, 0.2) is 0 Å². The van der Waals surface area contributed by atoms with Gasteiger partial charge in [0.2, 0.25) is 5.91 Å². The zero-order valence-corrected chi connectivity index (χ0v) is 13.1. The van der Waals surface area contributed by atoms with E-state index in [2.05, 4.69) is 15.1 Å². The van der Waals surface area contributed by atoms with Crippen LogP contribution in [0.15, 0.2) is 0 Å². The molecule has 0 saturated carbocycles. The van der Waals surface area contributed by atoms with Gasteiger partial charge in [0.25, 0.3) is 0 Å². The van der Waals surface area contributed by atoms with Crippen LogP contribution in [0.25, 0.3) is 0 Å². The Labute approximate surface area is 124 Å². The molecule has 3 heterocycles. The van der Waals surface area contributed by atoms with Gasteiger partial charge in [-0.1, -0.05) is 0 Å². The maximum Gasteiger partial charge on any atom is 0.222 e. The standard InChI is InChI=1S/C14H22N4OS/c1-11-15-16-12(20-11)9-18-7-5-14(6-8-18)4-3-13(19)17(2)10-14/h3-10H2,1-2H3. The maximum atomic E-state index is 11.6. The normalized spacial score (nSPS) is 23.5. The Hall–Kier alpha value is -1.01. The van der Waals surface area contributed by atoms with Gasteiger partial charge >= 0.3 is 0 Å². The number of carbonyl (C=O) groups is 1. The molecular weight excluding hydrogens is 272 g/mol. The number of carbonyl (C=O) groups excluding carboxylic acids is 1. The lowest BCUT2D eigenvalue weighted by molar-refractivity contribution is -0.137. The molecule has 1 amide bonds. The third-order valence-electron chi connectivity index (χ3n) is 4.71. The van der Waals surface area contributed by atoms with Gasteiger partial charge in [0, 0.05) is 20.0 Å². The van der Waals surface area contributed by atoms with Crippen molar-refractivity contribution in [2.24, 2.45) is 5.41 Å². The molecule has 3 rings (SSSR count). The molecule has 2 saturated heterocycles. The first-order chi connectivity index (χ1) is 9.56. The number of amides is 1. The zero-order chi connectivity index (χ0) is 14.2. The van der Waals surface area contributed by atoms with Crippen molar-refractivity contribution in [1.82, 2.24) is 20.0 Å². The fraction of sp³-hybridized carbons (Fsp3) is 0.786. The van der Waals surface area contributed by atoms with E-state index < -0.39 is 0 Å². The van der Waals surface area contributed by atoms with Crippen molar-refractivity contribution in [3.63, 3.8) is 0 Å². The molecule has 0 N–H and O–H groups in total. The number of hydrogen-bond donors (Lipinski definition) is 0. The summed E-state index contributed by atoms with van der Waals surface area (Å²) in [5.74, 6) is 0.308. The van der Waals surface area contributed by atoms with Crippen molar-refractivity contribution in [3.05, 3.63) is 10.0 Å². The van der Waals surface area contributed by atoms with E-state index in [0.717, 1.165) is 49.0 Å². The van der Waals surface area contributed by atoms with Crippen LogP contribution < -0.4 is 0 Å². The highest BCUT2D eigenvalue weighted by Gasteiger charge is 2.39. The number of aromatic nitrogens is 2. The zero-order valence-electron chi connectivity index (χ0n) is 12.3. The van der Waals surface area contributed by atoms with Gasteiger partial charge in [-0.25, -0.2) is 0 Å². The summed E-state index contributed by atoms with van der Waals surface area (Å²) >= 11 is 1.69. The van der Waals surface area contributed by atoms with Gasteiger partial charge in [-0.05, 0) is 44.7 Å². The van der Waals surface area contributed by atoms with Gasteiger partial charge in [-0.2, -0.15) is 0 Å². The third-order valence-corrected chi connectivity index (χ3v) is 5.53. The van der Waals surface area contributed by atoms with Gasteiger partial charge in [-0.15, -0.1) is 21.5 Å². The molecule has 110 valence electrons. The minimum absolute atomic E-state index is 0.308. The highest BCUT2D eigenvalue weighted by Crippen LogP contribution is 2.40. The van der Waals surface area contributed by atoms with Gasteiger partial charge in [0.05, 0.1) is 6.54 Å². The number of rotatable bonds is 2. The van der Waals surface area contributed by atoms with Crippen LogP contribution in [0.1, 0.15) is 35.7 Å². The lowest BCUT2D eigenvalue weighted by Gasteiger charge is -2.46. The molecule has 2 aliphatic rings. The van der Waals surface area contributed by atoms with Crippen molar-refractivity contribution in [2.45, 2.75) is 39.2 Å². The van der Waals surface area contributed by atoms with E-state index in [1.165, 1.54) is 12.8 Å². The molecule has 1 spiro atoms. The predicted molar refractivity (Wildman–Crippen MR) is 78.5 cm³/mol. The van der Waals surface area contributed by atoms with Crippen LogP contribution >= 0.6 is 11.3 Å². The highest BCUT2D eigenvalue weighted by atomic mass is 32.1. The summed E-state index contributed by atoms with van der Waals surface area (Å²) in [6.07, 6.45) is 4.19. The molecule has 2 aliphatic heterocycles. The smallest absolute Gasteiger partial charge is 0.222 e. The van der Waals surface area contributed by atoms with Crippen LogP contribution in [0.2, 0.25) is 0 Å². The summed E-state index contributed by atoms with van der Waals surface area (Å²) in [5, 5.41) is 10.5.